The molecule has 1 heterocycles. The van der Waals surface area contributed by atoms with Crippen LogP contribution < -0.4 is 4.74 Å². The zero-order valence-corrected chi connectivity index (χ0v) is 11.2. The molecule has 0 fully saturated rings. The Bertz CT molecular complexity index is 289. The summed E-state index contributed by atoms with van der Waals surface area (Å²) in [6.45, 7) is 0. The third-order valence-corrected chi connectivity index (χ3v) is 2.01. The van der Waals surface area contributed by atoms with Gasteiger partial charge in [0, 0.05) is 11.5 Å². The van der Waals surface area contributed by atoms with Gasteiger partial charge >= 0.3 is 0 Å². The Morgan fingerprint density at radius 1 is 1.50 bits per heavy atom. The average Bonchev–Trinajstić information content (AvgIpc) is 2.19. The SMILES string of the molecule is Br.COc1cncc(C=CCCBr)c1. The van der Waals surface area contributed by atoms with E-state index in [1.165, 1.54) is 0 Å². The lowest BCUT2D eigenvalue weighted by molar-refractivity contribution is 0.413. The lowest BCUT2D eigenvalue weighted by atomic mass is 10.2. The highest BCUT2D eigenvalue weighted by molar-refractivity contribution is 9.09. The van der Waals surface area contributed by atoms with Gasteiger partial charge in [0.25, 0.3) is 0 Å². The third kappa shape index (κ3) is 4.77. The third-order valence-electron chi connectivity index (χ3n) is 1.56. The predicted molar refractivity (Wildman–Crippen MR) is 68.6 cm³/mol. The van der Waals surface area contributed by atoms with Crippen LogP contribution in [0, 0.1) is 0 Å². The molecule has 0 radical (unpaired) electrons. The van der Waals surface area contributed by atoms with Crippen molar-refractivity contribution in [3.05, 3.63) is 30.1 Å². The van der Waals surface area contributed by atoms with E-state index in [-0.39, 0.29) is 17.0 Å². The fourth-order valence-corrected chi connectivity index (χ4v) is 1.19. The van der Waals surface area contributed by atoms with Gasteiger partial charge in [-0.05, 0) is 18.1 Å². The number of aromatic nitrogens is 1. The standard InChI is InChI=1S/C10H12BrNO.BrH/c1-13-10-6-9(7-12-8-10)4-2-3-5-11;/h2,4,6-8H,3,5H2,1H3;1H. The van der Waals surface area contributed by atoms with E-state index in [9.17, 15) is 0 Å². The van der Waals surface area contributed by atoms with Crippen LogP contribution in [0.5, 0.6) is 5.75 Å². The Balaban J connectivity index is 0.00000169. The van der Waals surface area contributed by atoms with E-state index in [1.807, 2.05) is 18.3 Å². The number of pyridine rings is 1. The number of alkyl halides is 1. The minimum atomic E-state index is 0. The number of nitrogens with zero attached hydrogens (tertiary/aromatic N) is 1. The lowest BCUT2D eigenvalue weighted by Gasteiger charge is -1.98. The Morgan fingerprint density at radius 2 is 2.29 bits per heavy atom. The van der Waals surface area contributed by atoms with E-state index in [2.05, 4.69) is 27.0 Å². The molecule has 0 unspecified atom stereocenters. The van der Waals surface area contributed by atoms with Gasteiger partial charge in [0.15, 0.2) is 0 Å². The van der Waals surface area contributed by atoms with Crippen molar-refractivity contribution in [3.63, 3.8) is 0 Å². The smallest absolute Gasteiger partial charge is 0.137 e. The van der Waals surface area contributed by atoms with E-state index in [0.717, 1.165) is 23.1 Å². The van der Waals surface area contributed by atoms with Crippen LogP contribution >= 0.6 is 32.9 Å². The van der Waals surface area contributed by atoms with Gasteiger partial charge in [-0.2, -0.15) is 0 Å². The quantitative estimate of drug-likeness (QED) is 0.792. The van der Waals surface area contributed by atoms with Crippen LogP contribution in [0.4, 0.5) is 0 Å². The summed E-state index contributed by atoms with van der Waals surface area (Å²) in [6, 6.07) is 1.96. The first-order valence-corrected chi connectivity index (χ1v) is 5.20. The van der Waals surface area contributed by atoms with E-state index >= 15 is 0 Å². The van der Waals surface area contributed by atoms with Crippen molar-refractivity contribution in [3.8, 4) is 5.75 Å². The molecule has 0 aromatic carbocycles. The first-order valence-electron chi connectivity index (χ1n) is 4.08. The molecule has 4 heteroatoms. The van der Waals surface area contributed by atoms with Gasteiger partial charge in [-0.25, -0.2) is 0 Å². The second-order valence-electron chi connectivity index (χ2n) is 2.54. The van der Waals surface area contributed by atoms with E-state index in [1.54, 1.807) is 13.3 Å². The molecule has 0 spiro atoms. The van der Waals surface area contributed by atoms with Crippen molar-refractivity contribution in [1.29, 1.82) is 0 Å². The molecule has 14 heavy (non-hydrogen) atoms. The first kappa shape index (κ1) is 13.7. The number of halogens is 2. The number of methoxy groups -OCH3 is 1. The van der Waals surface area contributed by atoms with Crippen LogP contribution in [0.2, 0.25) is 0 Å². The van der Waals surface area contributed by atoms with Gasteiger partial charge < -0.3 is 4.74 Å². The van der Waals surface area contributed by atoms with Gasteiger partial charge in [-0.15, -0.1) is 17.0 Å². The fraction of sp³-hybridized carbons (Fsp3) is 0.300. The summed E-state index contributed by atoms with van der Waals surface area (Å²) in [4.78, 5) is 4.05. The number of hydrogen-bond donors (Lipinski definition) is 0. The molecule has 0 atom stereocenters. The summed E-state index contributed by atoms with van der Waals surface area (Å²) in [5.74, 6) is 0.793. The number of rotatable bonds is 4. The second kappa shape index (κ2) is 8.00. The average molecular weight is 323 g/mol. The van der Waals surface area contributed by atoms with Gasteiger partial charge in [-0.1, -0.05) is 28.1 Å². The van der Waals surface area contributed by atoms with Crippen LogP contribution in [0.3, 0.4) is 0 Å². The molecule has 0 bridgehead atoms. The fourth-order valence-electron chi connectivity index (χ4n) is 0.921. The maximum Gasteiger partial charge on any atom is 0.137 e. The van der Waals surface area contributed by atoms with Crippen LogP contribution in [0.25, 0.3) is 6.08 Å². The molecule has 0 aliphatic carbocycles. The van der Waals surface area contributed by atoms with E-state index < -0.39 is 0 Å². The van der Waals surface area contributed by atoms with Crippen molar-refractivity contribution in [2.75, 3.05) is 12.4 Å². The molecule has 1 aromatic heterocycles. The largest absolute Gasteiger partial charge is 0.495 e. The van der Waals surface area contributed by atoms with E-state index in [0.29, 0.717) is 0 Å². The lowest BCUT2D eigenvalue weighted by Crippen LogP contribution is -1.84. The summed E-state index contributed by atoms with van der Waals surface area (Å²) in [5.41, 5.74) is 1.07. The predicted octanol–water partition coefficient (Wildman–Crippen LogP) is 3.47. The molecule has 0 amide bonds. The minimum Gasteiger partial charge on any atom is -0.495 e. The zero-order valence-electron chi connectivity index (χ0n) is 7.94. The van der Waals surface area contributed by atoms with Crippen molar-refractivity contribution >= 4 is 39.0 Å². The summed E-state index contributed by atoms with van der Waals surface area (Å²) in [7, 11) is 1.64. The van der Waals surface area contributed by atoms with Crippen molar-refractivity contribution < 1.29 is 4.74 Å². The van der Waals surface area contributed by atoms with Gasteiger partial charge in [0.1, 0.15) is 5.75 Å². The molecule has 0 N–H and O–H groups in total. The van der Waals surface area contributed by atoms with Gasteiger partial charge in [0.2, 0.25) is 0 Å². The van der Waals surface area contributed by atoms with Crippen LogP contribution in [-0.2, 0) is 0 Å². The molecule has 78 valence electrons. The molecule has 0 aliphatic rings. The maximum absolute atomic E-state index is 5.06. The van der Waals surface area contributed by atoms with Gasteiger partial charge in [-0.3, -0.25) is 4.98 Å². The van der Waals surface area contributed by atoms with Crippen molar-refractivity contribution in [1.82, 2.24) is 4.98 Å². The van der Waals surface area contributed by atoms with Crippen LogP contribution in [0.15, 0.2) is 24.5 Å². The van der Waals surface area contributed by atoms with Gasteiger partial charge in [0.05, 0.1) is 13.3 Å². The number of allylic oxidation sites excluding steroid dienone is 1. The Hall–Kier alpha value is -0.350. The molecule has 2 nitrogen and oxygen atoms in total. The Labute approximate surface area is 103 Å². The zero-order chi connectivity index (χ0) is 9.52. The summed E-state index contributed by atoms with van der Waals surface area (Å²) < 4.78 is 5.06. The monoisotopic (exact) mass is 321 g/mol. The van der Waals surface area contributed by atoms with E-state index in [4.69, 9.17) is 4.74 Å². The Kier molecular flexibility index (Phi) is 7.80. The summed E-state index contributed by atoms with van der Waals surface area (Å²) in [6.07, 6.45) is 8.67. The summed E-state index contributed by atoms with van der Waals surface area (Å²) >= 11 is 3.36. The number of hydrogen-bond acceptors (Lipinski definition) is 2. The molecular formula is C10H13Br2NO. The topological polar surface area (TPSA) is 22.1 Å². The maximum atomic E-state index is 5.06. The summed E-state index contributed by atoms with van der Waals surface area (Å²) in [5, 5.41) is 0.987. The Morgan fingerprint density at radius 3 is 2.93 bits per heavy atom. The second-order valence-corrected chi connectivity index (χ2v) is 3.33. The molecular weight excluding hydrogens is 310 g/mol. The van der Waals surface area contributed by atoms with Crippen LogP contribution in [-0.4, -0.2) is 17.4 Å². The minimum absolute atomic E-state index is 0. The highest BCUT2D eigenvalue weighted by atomic mass is 79.9. The normalized spacial score (nSPS) is 9.86. The highest BCUT2D eigenvalue weighted by Crippen LogP contribution is 2.11. The first-order chi connectivity index (χ1) is 6.36. The molecule has 1 rings (SSSR count). The highest BCUT2D eigenvalue weighted by Gasteiger charge is 1.91. The van der Waals surface area contributed by atoms with Crippen molar-refractivity contribution in [2.45, 2.75) is 6.42 Å². The molecule has 0 saturated carbocycles. The molecule has 0 aliphatic heterocycles. The molecule has 1 aromatic rings. The van der Waals surface area contributed by atoms with Crippen LogP contribution in [0.1, 0.15) is 12.0 Å². The molecule has 0 saturated heterocycles. The van der Waals surface area contributed by atoms with Crippen molar-refractivity contribution in [2.24, 2.45) is 0 Å². The number of ether oxygens (including phenoxy) is 1.